The number of methoxy groups -OCH3 is 1. The van der Waals surface area contributed by atoms with Gasteiger partial charge in [-0.1, -0.05) is 0 Å². The van der Waals surface area contributed by atoms with E-state index in [0.29, 0.717) is 0 Å². The number of hydrogen-bond acceptors (Lipinski definition) is 5. The van der Waals surface area contributed by atoms with Gasteiger partial charge in [-0.3, -0.25) is 0 Å². The molecule has 0 bridgehead atoms. The Kier molecular flexibility index (Phi) is 4.19. The predicted octanol–water partition coefficient (Wildman–Crippen LogP) is 3.22. The molecule has 1 aromatic heterocycles. The lowest BCUT2D eigenvalue weighted by Crippen LogP contribution is -2.30. The number of hydrogen-bond donors (Lipinski definition) is 1. The van der Waals surface area contributed by atoms with Gasteiger partial charge < -0.3 is 15.0 Å². The highest BCUT2D eigenvalue weighted by atomic mass is 16.5. The van der Waals surface area contributed by atoms with Gasteiger partial charge in [0.1, 0.15) is 23.7 Å². The van der Waals surface area contributed by atoms with Crippen molar-refractivity contribution in [3.05, 3.63) is 36.7 Å². The lowest BCUT2D eigenvalue weighted by molar-refractivity contribution is 0.415. The van der Waals surface area contributed by atoms with Crippen LogP contribution in [0.2, 0.25) is 0 Å². The normalized spacial score (nSPS) is 14.8. The number of benzene rings is 1. The molecular weight excluding hydrogens is 264 g/mol. The zero-order valence-electron chi connectivity index (χ0n) is 12.2. The standard InChI is InChI=1S/C16H20N4O/c1-21-14-7-5-13(6-8-14)19-15-11-16(18-12-17-15)20-9-3-2-4-10-20/h5-8,11-12H,2-4,9-10H2,1H3,(H,17,18,19). The Bertz CT molecular complexity index is 579. The van der Waals surface area contributed by atoms with Gasteiger partial charge in [0.2, 0.25) is 0 Å². The van der Waals surface area contributed by atoms with Crippen LogP contribution in [-0.4, -0.2) is 30.2 Å². The Labute approximate surface area is 125 Å². The molecule has 0 aliphatic carbocycles. The maximum Gasteiger partial charge on any atom is 0.135 e. The van der Waals surface area contributed by atoms with Crippen molar-refractivity contribution in [3.8, 4) is 5.75 Å². The molecule has 1 aromatic carbocycles. The van der Waals surface area contributed by atoms with Crippen molar-refractivity contribution in [3.63, 3.8) is 0 Å². The molecule has 3 rings (SSSR count). The summed E-state index contributed by atoms with van der Waals surface area (Å²) in [5.74, 6) is 2.66. The van der Waals surface area contributed by atoms with E-state index >= 15 is 0 Å². The van der Waals surface area contributed by atoms with Crippen LogP contribution in [0.25, 0.3) is 0 Å². The molecule has 0 radical (unpaired) electrons. The average Bonchev–Trinajstić information content (AvgIpc) is 2.57. The van der Waals surface area contributed by atoms with E-state index in [1.165, 1.54) is 19.3 Å². The zero-order valence-corrected chi connectivity index (χ0v) is 12.2. The third-order valence-electron chi connectivity index (χ3n) is 3.70. The summed E-state index contributed by atoms with van der Waals surface area (Å²) >= 11 is 0. The molecular formula is C16H20N4O. The molecule has 5 heteroatoms. The summed E-state index contributed by atoms with van der Waals surface area (Å²) in [6.07, 6.45) is 5.42. The maximum absolute atomic E-state index is 5.16. The van der Waals surface area contributed by atoms with Gasteiger partial charge in [0.05, 0.1) is 7.11 Å². The molecule has 1 aliphatic rings. The largest absolute Gasteiger partial charge is 0.497 e. The van der Waals surface area contributed by atoms with Crippen LogP contribution in [0.15, 0.2) is 36.7 Å². The molecule has 1 fully saturated rings. The van der Waals surface area contributed by atoms with Crippen LogP contribution in [0.3, 0.4) is 0 Å². The Hall–Kier alpha value is -2.30. The monoisotopic (exact) mass is 284 g/mol. The minimum Gasteiger partial charge on any atom is -0.497 e. The van der Waals surface area contributed by atoms with Crippen LogP contribution >= 0.6 is 0 Å². The van der Waals surface area contributed by atoms with Gasteiger partial charge in [0, 0.05) is 24.8 Å². The zero-order chi connectivity index (χ0) is 14.5. The van der Waals surface area contributed by atoms with Crippen molar-refractivity contribution >= 4 is 17.3 Å². The molecule has 21 heavy (non-hydrogen) atoms. The lowest BCUT2D eigenvalue weighted by atomic mass is 10.1. The second-order valence-corrected chi connectivity index (χ2v) is 5.16. The van der Waals surface area contributed by atoms with Crippen molar-refractivity contribution < 1.29 is 4.74 Å². The summed E-state index contributed by atoms with van der Waals surface area (Å²) in [5, 5.41) is 3.30. The smallest absolute Gasteiger partial charge is 0.135 e. The average molecular weight is 284 g/mol. The van der Waals surface area contributed by atoms with E-state index in [4.69, 9.17) is 4.74 Å². The Balaban J connectivity index is 1.72. The van der Waals surface area contributed by atoms with Crippen LogP contribution in [0, 0.1) is 0 Å². The van der Waals surface area contributed by atoms with Crippen molar-refractivity contribution in [1.82, 2.24) is 9.97 Å². The molecule has 1 aliphatic heterocycles. The Morgan fingerprint density at radius 3 is 2.52 bits per heavy atom. The van der Waals surface area contributed by atoms with Crippen molar-refractivity contribution in [2.24, 2.45) is 0 Å². The van der Waals surface area contributed by atoms with Gasteiger partial charge in [-0.25, -0.2) is 9.97 Å². The lowest BCUT2D eigenvalue weighted by Gasteiger charge is -2.27. The topological polar surface area (TPSA) is 50.3 Å². The Morgan fingerprint density at radius 2 is 1.81 bits per heavy atom. The van der Waals surface area contributed by atoms with E-state index < -0.39 is 0 Å². The van der Waals surface area contributed by atoms with Crippen molar-refractivity contribution in [2.45, 2.75) is 19.3 Å². The van der Waals surface area contributed by atoms with Gasteiger partial charge in [-0.15, -0.1) is 0 Å². The molecule has 0 amide bonds. The fourth-order valence-corrected chi connectivity index (χ4v) is 2.53. The Morgan fingerprint density at radius 1 is 1.05 bits per heavy atom. The maximum atomic E-state index is 5.16. The number of aromatic nitrogens is 2. The van der Waals surface area contributed by atoms with E-state index in [1.54, 1.807) is 13.4 Å². The number of anilines is 3. The van der Waals surface area contributed by atoms with E-state index in [0.717, 1.165) is 36.2 Å². The minimum atomic E-state index is 0.816. The molecule has 1 N–H and O–H groups in total. The summed E-state index contributed by atoms with van der Waals surface area (Å²) in [5.41, 5.74) is 0.985. The molecule has 110 valence electrons. The summed E-state index contributed by atoms with van der Waals surface area (Å²) in [4.78, 5) is 11.0. The summed E-state index contributed by atoms with van der Waals surface area (Å²) < 4.78 is 5.16. The SMILES string of the molecule is COc1ccc(Nc2cc(N3CCCCC3)ncn2)cc1. The van der Waals surface area contributed by atoms with Crippen LogP contribution in [0.5, 0.6) is 5.75 Å². The van der Waals surface area contributed by atoms with Gasteiger partial charge in [0.15, 0.2) is 0 Å². The molecule has 0 spiro atoms. The van der Waals surface area contributed by atoms with E-state index in [2.05, 4.69) is 20.2 Å². The van der Waals surface area contributed by atoms with Crippen LogP contribution in [-0.2, 0) is 0 Å². The highest BCUT2D eigenvalue weighted by molar-refractivity contribution is 5.60. The first-order chi connectivity index (χ1) is 10.3. The summed E-state index contributed by atoms with van der Waals surface area (Å²) in [6, 6.07) is 9.81. The van der Waals surface area contributed by atoms with Gasteiger partial charge in [-0.05, 0) is 43.5 Å². The van der Waals surface area contributed by atoms with Crippen LogP contribution in [0.4, 0.5) is 17.3 Å². The fourth-order valence-electron chi connectivity index (χ4n) is 2.53. The van der Waals surface area contributed by atoms with Crippen LogP contribution < -0.4 is 15.0 Å². The predicted molar refractivity (Wildman–Crippen MR) is 84.4 cm³/mol. The minimum absolute atomic E-state index is 0.816. The van der Waals surface area contributed by atoms with Gasteiger partial charge in [0.25, 0.3) is 0 Å². The van der Waals surface area contributed by atoms with E-state index in [-0.39, 0.29) is 0 Å². The van der Waals surface area contributed by atoms with E-state index in [9.17, 15) is 0 Å². The first-order valence-corrected chi connectivity index (χ1v) is 7.33. The second-order valence-electron chi connectivity index (χ2n) is 5.16. The summed E-state index contributed by atoms with van der Waals surface area (Å²) in [6.45, 7) is 2.16. The highest BCUT2D eigenvalue weighted by Crippen LogP contribution is 2.22. The first kappa shape index (κ1) is 13.7. The quantitative estimate of drug-likeness (QED) is 0.934. The molecule has 0 saturated carbocycles. The fraction of sp³-hybridized carbons (Fsp3) is 0.375. The number of rotatable bonds is 4. The molecule has 2 heterocycles. The first-order valence-electron chi connectivity index (χ1n) is 7.33. The molecule has 1 saturated heterocycles. The number of piperidine rings is 1. The number of nitrogens with zero attached hydrogens (tertiary/aromatic N) is 3. The van der Waals surface area contributed by atoms with Crippen LogP contribution in [0.1, 0.15) is 19.3 Å². The van der Waals surface area contributed by atoms with Gasteiger partial charge in [-0.2, -0.15) is 0 Å². The second kappa shape index (κ2) is 6.43. The third-order valence-corrected chi connectivity index (χ3v) is 3.70. The molecule has 0 atom stereocenters. The van der Waals surface area contributed by atoms with E-state index in [1.807, 2.05) is 30.3 Å². The number of nitrogens with one attached hydrogen (secondary N) is 1. The highest BCUT2D eigenvalue weighted by Gasteiger charge is 2.12. The molecule has 5 nitrogen and oxygen atoms in total. The third kappa shape index (κ3) is 3.42. The molecule has 2 aromatic rings. The molecule has 0 unspecified atom stereocenters. The van der Waals surface area contributed by atoms with Crippen molar-refractivity contribution in [2.75, 3.05) is 30.4 Å². The van der Waals surface area contributed by atoms with Gasteiger partial charge >= 0.3 is 0 Å². The summed E-state index contributed by atoms with van der Waals surface area (Å²) in [7, 11) is 1.66. The van der Waals surface area contributed by atoms with Crippen molar-refractivity contribution in [1.29, 1.82) is 0 Å². The number of ether oxygens (including phenoxy) is 1.